The monoisotopic (exact) mass is 417 g/mol. The second-order valence-corrected chi connectivity index (χ2v) is 10.1. The maximum absolute atomic E-state index is 11.4. The molecule has 1 aromatic carbocycles. The van der Waals surface area contributed by atoms with Crippen molar-refractivity contribution in [2.24, 2.45) is 10.4 Å². The highest BCUT2D eigenvalue weighted by atomic mass is 35.5. The molecule has 0 aliphatic carbocycles. The van der Waals surface area contributed by atoms with Crippen molar-refractivity contribution in [3.05, 3.63) is 29.3 Å². The van der Waals surface area contributed by atoms with Gasteiger partial charge in [0.2, 0.25) is 0 Å². The molecule has 0 saturated heterocycles. The third-order valence-electron chi connectivity index (χ3n) is 3.99. The van der Waals surface area contributed by atoms with Crippen LogP contribution >= 0.6 is 11.6 Å². The maximum atomic E-state index is 11.4. The smallest absolute Gasteiger partial charge is 0.193 e. The highest BCUT2D eigenvalue weighted by Crippen LogP contribution is 2.21. The van der Waals surface area contributed by atoms with Gasteiger partial charge in [0, 0.05) is 31.4 Å². The van der Waals surface area contributed by atoms with E-state index in [4.69, 9.17) is 16.3 Å². The van der Waals surface area contributed by atoms with Crippen LogP contribution in [0.3, 0.4) is 0 Å². The van der Waals surface area contributed by atoms with Crippen LogP contribution in [-0.4, -0.2) is 64.6 Å². The van der Waals surface area contributed by atoms with Gasteiger partial charge in [-0.15, -0.1) is 0 Å². The Bertz CT molecular complexity index is 721. The zero-order chi connectivity index (χ0) is 20.5. The van der Waals surface area contributed by atoms with Gasteiger partial charge in [-0.05, 0) is 37.0 Å². The number of halogens is 1. The zero-order valence-electron chi connectivity index (χ0n) is 17.0. The third kappa shape index (κ3) is 10.4. The Morgan fingerprint density at radius 2 is 2.07 bits per heavy atom. The number of nitrogens with one attached hydrogen (secondary N) is 1. The number of hydrogen-bond acceptors (Lipinski definition) is 4. The van der Waals surface area contributed by atoms with Crippen LogP contribution in [0.2, 0.25) is 5.02 Å². The van der Waals surface area contributed by atoms with E-state index in [9.17, 15) is 8.42 Å². The van der Waals surface area contributed by atoms with Crippen molar-refractivity contribution < 1.29 is 13.2 Å². The lowest BCUT2D eigenvalue weighted by molar-refractivity contribution is 0.280. The summed E-state index contributed by atoms with van der Waals surface area (Å²) >= 11 is 5.96. The third-order valence-corrected chi connectivity index (χ3v) is 5.18. The van der Waals surface area contributed by atoms with Gasteiger partial charge in [-0.1, -0.05) is 31.5 Å². The van der Waals surface area contributed by atoms with E-state index in [0.717, 1.165) is 18.3 Å². The van der Waals surface area contributed by atoms with Crippen LogP contribution in [0.4, 0.5) is 0 Å². The molecule has 6 nitrogen and oxygen atoms in total. The van der Waals surface area contributed by atoms with E-state index in [2.05, 4.69) is 10.3 Å². The lowest BCUT2D eigenvalue weighted by atomic mass is 9.90. The molecule has 0 saturated carbocycles. The molecule has 0 aliphatic heterocycles. The fourth-order valence-corrected chi connectivity index (χ4v) is 3.37. The first-order valence-electron chi connectivity index (χ1n) is 9.08. The average Bonchev–Trinajstić information content (AvgIpc) is 2.56. The summed E-state index contributed by atoms with van der Waals surface area (Å²) in [4.78, 5) is 6.69. The van der Waals surface area contributed by atoms with E-state index in [0.29, 0.717) is 31.1 Å². The van der Waals surface area contributed by atoms with Gasteiger partial charge in [-0.2, -0.15) is 0 Å². The van der Waals surface area contributed by atoms with Crippen LogP contribution < -0.4 is 10.1 Å². The second-order valence-electron chi connectivity index (χ2n) is 7.44. The Morgan fingerprint density at radius 1 is 1.37 bits per heavy atom. The Hall–Kier alpha value is -1.47. The first kappa shape index (κ1) is 23.6. The van der Waals surface area contributed by atoms with E-state index < -0.39 is 9.84 Å². The zero-order valence-corrected chi connectivity index (χ0v) is 18.5. The van der Waals surface area contributed by atoms with Gasteiger partial charge in [-0.3, -0.25) is 4.99 Å². The van der Waals surface area contributed by atoms with Crippen LogP contribution in [0.1, 0.15) is 27.2 Å². The number of rotatable bonds is 10. The van der Waals surface area contributed by atoms with Gasteiger partial charge in [0.15, 0.2) is 5.96 Å². The molecule has 27 heavy (non-hydrogen) atoms. The number of ether oxygens (including phenoxy) is 1. The summed E-state index contributed by atoms with van der Waals surface area (Å²) in [5, 5.41) is 3.91. The molecule has 0 amide bonds. The minimum Gasteiger partial charge on any atom is -0.492 e. The van der Waals surface area contributed by atoms with Gasteiger partial charge in [0.05, 0.1) is 12.3 Å². The first-order chi connectivity index (χ1) is 12.5. The molecule has 8 heteroatoms. The summed E-state index contributed by atoms with van der Waals surface area (Å²) in [6.45, 7) is 8.54. The molecule has 0 unspecified atom stereocenters. The van der Waals surface area contributed by atoms with E-state index >= 15 is 0 Å². The van der Waals surface area contributed by atoms with E-state index in [1.807, 2.05) is 50.9 Å². The number of nitrogens with zero attached hydrogens (tertiary/aromatic N) is 2. The summed E-state index contributed by atoms with van der Waals surface area (Å²) in [6, 6.07) is 7.31. The molecule has 0 aromatic heterocycles. The van der Waals surface area contributed by atoms with E-state index in [1.165, 1.54) is 6.26 Å². The molecule has 0 fully saturated rings. The first-order valence-corrected chi connectivity index (χ1v) is 11.5. The van der Waals surface area contributed by atoms with Crippen LogP contribution in [-0.2, 0) is 9.84 Å². The van der Waals surface area contributed by atoms with Gasteiger partial charge in [0.1, 0.15) is 22.2 Å². The van der Waals surface area contributed by atoms with Crippen molar-refractivity contribution in [3.8, 4) is 5.75 Å². The highest BCUT2D eigenvalue weighted by Gasteiger charge is 2.20. The summed E-state index contributed by atoms with van der Waals surface area (Å²) in [6.07, 6.45) is 1.85. The predicted molar refractivity (Wildman–Crippen MR) is 114 cm³/mol. The summed E-state index contributed by atoms with van der Waals surface area (Å²) in [5.74, 6) is 1.69. The quantitative estimate of drug-likeness (QED) is 0.468. The molecule has 1 N–H and O–H groups in total. The molecular weight excluding hydrogens is 386 g/mol. The SMILES string of the molecule is CCNC(=NCC(C)(C)CCS(C)(=O)=O)N(C)CCOc1cccc(Cl)c1. The Labute approximate surface area is 168 Å². The van der Waals surface area contributed by atoms with Gasteiger partial charge >= 0.3 is 0 Å². The molecular formula is C19H32ClN3O3S. The van der Waals surface area contributed by atoms with Crippen molar-refractivity contribution in [3.63, 3.8) is 0 Å². The van der Waals surface area contributed by atoms with Crippen LogP contribution in [0.5, 0.6) is 5.75 Å². The van der Waals surface area contributed by atoms with Crippen molar-refractivity contribution in [1.82, 2.24) is 10.2 Å². The molecule has 1 rings (SSSR count). The molecule has 1 aromatic rings. The Balaban J connectivity index is 2.60. The van der Waals surface area contributed by atoms with Crippen molar-refractivity contribution in [2.45, 2.75) is 27.2 Å². The number of guanidine groups is 1. The van der Waals surface area contributed by atoms with Crippen molar-refractivity contribution >= 4 is 27.4 Å². The lowest BCUT2D eigenvalue weighted by Gasteiger charge is -2.26. The van der Waals surface area contributed by atoms with Crippen LogP contribution in [0.25, 0.3) is 0 Å². The van der Waals surface area contributed by atoms with Gasteiger partial charge in [0.25, 0.3) is 0 Å². The molecule has 0 bridgehead atoms. The average molecular weight is 418 g/mol. The number of sulfone groups is 1. The molecule has 0 spiro atoms. The maximum Gasteiger partial charge on any atom is 0.193 e. The number of likely N-dealkylation sites (N-methyl/N-ethyl adjacent to an activating group) is 1. The predicted octanol–water partition coefficient (Wildman–Crippen LogP) is 3.08. The molecule has 0 heterocycles. The molecule has 0 aliphatic rings. The van der Waals surface area contributed by atoms with Crippen LogP contribution in [0, 0.1) is 5.41 Å². The van der Waals surface area contributed by atoms with Crippen molar-refractivity contribution in [2.75, 3.05) is 45.3 Å². The Morgan fingerprint density at radius 3 is 2.67 bits per heavy atom. The normalized spacial score (nSPS) is 12.7. The Kier molecular flexibility index (Phi) is 9.39. The fraction of sp³-hybridized carbons (Fsp3) is 0.632. The van der Waals surface area contributed by atoms with Crippen molar-refractivity contribution in [1.29, 1.82) is 0 Å². The second kappa shape index (κ2) is 10.8. The summed E-state index contributed by atoms with van der Waals surface area (Å²) in [5.41, 5.74) is -0.193. The fourth-order valence-electron chi connectivity index (χ4n) is 2.26. The number of benzene rings is 1. The van der Waals surface area contributed by atoms with E-state index in [-0.39, 0.29) is 11.2 Å². The highest BCUT2D eigenvalue weighted by molar-refractivity contribution is 7.90. The number of aliphatic imine (C=N–C) groups is 1. The minimum absolute atomic E-state index is 0.176. The molecule has 0 atom stereocenters. The van der Waals surface area contributed by atoms with Gasteiger partial charge in [-0.25, -0.2) is 8.42 Å². The minimum atomic E-state index is -2.96. The molecule has 154 valence electrons. The van der Waals surface area contributed by atoms with Gasteiger partial charge < -0.3 is 15.0 Å². The summed E-state index contributed by atoms with van der Waals surface area (Å²) < 4.78 is 28.5. The summed E-state index contributed by atoms with van der Waals surface area (Å²) in [7, 11) is -1.01. The topological polar surface area (TPSA) is 71.0 Å². The van der Waals surface area contributed by atoms with Crippen LogP contribution in [0.15, 0.2) is 29.3 Å². The molecule has 0 radical (unpaired) electrons. The largest absolute Gasteiger partial charge is 0.492 e. The van der Waals surface area contributed by atoms with E-state index in [1.54, 1.807) is 6.07 Å². The lowest BCUT2D eigenvalue weighted by Crippen LogP contribution is -2.41. The standard InChI is InChI=1S/C19H32ClN3O3S/c1-6-21-18(22-15-19(2,3)10-13-27(5,24)25)23(4)11-12-26-17-9-7-8-16(20)14-17/h7-9,14H,6,10-13,15H2,1-5H3,(H,21,22). The number of hydrogen-bond donors (Lipinski definition) is 1.